The Bertz CT molecular complexity index is 1160. The van der Waals surface area contributed by atoms with Gasteiger partial charge in [-0.2, -0.15) is 0 Å². The van der Waals surface area contributed by atoms with E-state index in [0.717, 1.165) is 10.6 Å². The number of benzene rings is 1. The van der Waals surface area contributed by atoms with Gasteiger partial charge in [-0.3, -0.25) is 14.1 Å². The van der Waals surface area contributed by atoms with Crippen LogP contribution < -0.4 is 20.3 Å². The van der Waals surface area contributed by atoms with Crippen molar-refractivity contribution in [1.29, 1.82) is 0 Å². The van der Waals surface area contributed by atoms with Crippen molar-refractivity contribution in [2.75, 3.05) is 30.4 Å². The number of ether oxygens (including phenoxy) is 1. The molecule has 1 aromatic heterocycles. The molecule has 3 rings (SSSR count). The van der Waals surface area contributed by atoms with E-state index in [9.17, 15) is 27.8 Å². The number of methoxy groups -OCH3 is 1. The number of aliphatic hydroxyl groups excluding tert-OH is 2. The van der Waals surface area contributed by atoms with Crippen molar-refractivity contribution >= 4 is 49.8 Å². The van der Waals surface area contributed by atoms with Crippen LogP contribution in [-0.4, -0.2) is 48.3 Å². The van der Waals surface area contributed by atoms with Crippen molar-refractivity contribution in [3.8, 4) is 5.75 Å². The highest BCUT2D eigenvalue weighted by Gasteiger charge is 2.55. The zero-order valence-electron chi connectivity index (χ0n) is 17.6. The molecule has 0 bridgehead atoms. The van der Waals surface area contributed by atoms with Crippen LogP contribution in [0.2, 0.25) is 0 Å². The molecule has 1 heterocycles. The smallest absolute Gasteiger partial charge is 0.255 e. The lowest BCUT2D eigenvalue weighted by atomic mass is 10.0. The van der Waals surface area contributed by atoms with Gasteiger partial charge in [-0.15, -0.1) is 0 Å². The molecular weight excluding hydrogens is 556 g/mol. The predicted octanol–water partition coefficient (Wildman–Crippen LogP) is 2.15. The van der Waals surface area contributed by atoms with Crippen molar-refractivity contribution in [3.05, 3.63) is 44.0 Å². The first kappa shape index (κ1) is 24.7. The topological polar surface area (TPSA) is 130 Å². The minimum absolute atomic E-state index is 0.00898. The number of nitrogens with zero attached hydrogens (tertiary/aromatic N) is 1. The van der Waals surface area contributed by atoms with Gasteiger partial charge in [0.1, 0.15) is 17.3 Å². The first-order valence-electron chi connectivity index (χ1n) is 9.81. The van der Waals surface area contributed by atoms with E-state index >= 15 is 0 Å². The molecule has 0 atom stereocenters. The number of aliphatic hydroxyl groups is 2. The van der Waals surface area contributed by atoms with Gasteiger partial charge in [0.2, 0.25) is 10.0 Å². The molecule has 2 aromatic rings. The molecule has 1 aliphatic carbocycles. The first-order chi connectivity index (χ1) is 15.1. The fourth-order valence-corrected chi connectivity index (χ4v) is 5.71. The Labute approximate surface area is 198 Å². The van der Waals surface area contributed by atoms with Crippen LogP contribution in [0, 0.1) is 15.3 Å². The van der Waals surface area contributed by atoms with E-state index in [-0.39, 0.29) is 42.6 Å². The summed E-state index contributed by atoms with van der Waals surface area (Å²) in [6.45, 7) is -0.675. The lowest BCUT2D eigenvalue weighted by molar-refractivity contribution is 0.141. The van der Waals surface area contributed by atoms with Crippen molar-refractivity contribution in [2.24, 2.45) is 13.0 Å². The maximum Gasteiger partial charge on any atom is 0.255 e. The number of hydrogen-bond donors (Lipinski definition) is 4. The molecule has 0 radical (unpaired) electrons. The monoisotopic (exact) mass is 581 g/mol. The number of sulfonamides is 1. The average Bonchev–Trinajstić information content (AvgIpc) is 3.54. The highest BCUT2D eigenvalue weighted by molar-refractivity contribution is 14.1. The van der Waals surface area contributed by atoms with Crippen molar-refractivity contribution < 1.29 is 27.8 Å². The molecule has 12 heteroatoms. The molecule has 0 spiro atoms. The number of hydrogen-bond acceptors (Lipinski definition) is 7. The van der Waals surface area contributed by atoms with Gasteiger partial charge in [-0.1, -0.05) is 0 Å². The first-order valence-corrected chi connectivity index (χ1v) is 12.4. The summed E-state index contributed by atoms with van der Waals surface area (Å²) in [5.74, 6) is -1.17. The van der Waals surface area contributed by atoms with E-state index in [1.807, 2.05) is 22.6 Å². The molecule has 0 amide bonds. The second-order valence-electron chi connectivity index (χ2n) is 7.81. The molecule has 1 aliphatic rings. The van der Waals surface area contributed by atoms with Crippen LogP contribution in [-0.2, 0) is 17.1 Å². The van der Waals surface area contributed by atoms with E-state index in [0.29, 0.717) is 16.4 Å². The summed E-state index contributed by atoms with van der Waals surface area (Å²) < 4.78 is 49.5. The quantitative estimate of drug-likeness (QED) is 0.317. The maximum atomic E-state index is 14.5. The molecule has 1 fully saturated rings. The zero-order chi connectivity index (χ0) is 23.7. The molecule has 9 nitrogen and oxygen atoms in total. The van der Waals surface area contributed by atoms with Gasteiger partial charge in [0.05, 0.1) is 17.5 Å². The maximum absolute atomic E-state index is 14.5. The number of rotatable bonds is 10. The van der Waals surface area contributed by atoms with Crippen LogP contribution >= 0.6 is 22.6 Å². The second-order valence-corrected chi connectivity index (χ2v) is 11.1. The second kappa shape index (κ2) is 9.53. The largest absolute Gasteiger partial charge is 0.494 e. The SMILES string of the molecule is COc1cc(=O)n(C)c(Nc2ccc(I)cc2F)c1NS(=O)(=O)C1(CC(CO)CO)CC1. The fraction of sp³-hybridized carbons (Fsp3) is 0.450. The van der Waals surface area contributed by atoms with Crippen LogP contribution in [0.5, 0.6) is 5.75 Å². The van der Waals surface area contributed by atoms with Gasteiger partial charge in [-0.05, 0) is 60.1 Å². The fourth-order valence-electron chi connectivity index (χ4n) is 3.48. The number of pyridine rings is 1. The van der Waals surface area contributed by atoms with E-state index in [4.69, 9.17) is 4.74 Å². The van der Waals surface area contributed by atoms with Crippen LogP contribution in [0.4, 0.5) is 21.6 Å². The lowest BCUT2D eigenvalue weighted by Crippen LogP contribution is -2.34. The van der Waals surface area contributed by atoms with E-state index in [1.54, 1.807) is 6.07 Å². The van der Waals surface area contributed by atoms with Gasteiger partial charge >= 0.3 is 0 Å². The molecule has 4 N–H and O–H groups in total. The normalized spacial score (nSPS) is 15.0. The zero-order valence-corrected chi connectivity index (χ0v) is 20.5. The third kappa shape index (κ3) is 4.87. The Balaban J connectivity index is 2.05. The Kier molecular flexibility index (Phi) is 7.37. The van der Waals surface area contributed by atoms with Gasteiger partial charge < -0.3 is 20.3 Å². The van der Waals surface area contributed by atoms with Crippen LogP contribution in [0.25, 0.3) is 0 Å². The molecule has 176 valence electrons. The van der Waals surface area contributed by atoms with Crippen molar-refractivity contribution in [2.45, 2.75) is 24.0 Å². The summed E-state index contributed by atoms with van der Waals surface area (Å²) >= 11 is 1.96. The van der Waals surface area contributed by atoms with E-state index < -0.39 is 32.1 Å². The molecule has 1 saturated carbocycles. The lowest BCUT2D eigenvalue weighted by Gasteiger charge is -2.24. The van der Waals surface area contributed by atoms with Crippen LogP contribution in [0.15, 0.2) is 29.1 Å². The summed E-state index contributed by atoms with van der Waals surface area (Å²) in [4.78, 5) is 12.4. The van der Waals surface area contributed by atoms with Gasteiger partial charge in [-0.25, -0.2) is 12.8 Å². The van der Waals surface area contributed by atoms with E-state index in [2.05, 4.69) is 10.0 Å². The summed E-state index contributed by atoms with van der Waals surface area (Å²) in [5, 5.41) is 21.6. The standard InChI is InChI=1S/C20H25FIN3O6S/c1-25-17(28)8-16(31-2)18(19(25)23-15-4-3-13(22)7-14(15)21)24-32(29,30)20(5-6-20)9-12(10-26)11-27/h3-4,7-8,12,23-24,26-27H,5-6,9-11H2,1-2H3. The summed E-state index contributed by atoms with van der Waals surface area (Å²) in [7, 11) is -1.30. The Morgan fingerprint density at radius 1 is 1.28 bits per heavy atom. The Morgan fingerprint density at radius 3 is 2.47 bits per heavy atom. The van der Waals surface area contributed by atoms with Crippen LogP contribution in [0.1, 0.15) is 19.3 Å². The third-order valence-corrected chi connectivity index (χ3v) is 8.46. The summed E-state index contributed by atoms with van der Waals surface area (Å²) in [5.41, 5.74) is -0.473. The molecule has 1 aromatic carbocycles. The Morgan fingerprint density at radius 2 is 1.94 bits per heavy atom. The van der Waals surface area contributed by atoms with E-state index in [1.165, 1.54) is 26.3 Å². The summed E-state index contributed by atoms with van der Waals surface area (Å²) in [6.07, 6.45) is 0.806. The third-order valence-electron chi connectivity index (χ3n) is 5.60. The number of aromatic nitrogens is 1. The predicted molar refractivity (Wildman–Crippen MR) is 127 cm³/mol. The molecular formula is C20H25FIN3O6S. The van der Waals surface area contributed by atoms with Gasteiger partial charge in [0, 0.05) is 35.8 Å². The number of anilines is 3. The highest BCUT2D eigenvalue weighted by atomic mass is 127. The average molecular weight is 581 g/mol. The number of halogens is 2. The molecule has 0 saturated heterocycles. The molecule has 32 heavy (non-hydrogen) atoms. The molecule has 0 unspecified atom stereocenters. The number of nitrogens with one attached hydrogen (secondary N) is 2. The molecule has 0 aliphatic heterocycles. The van der Waals surface area contributed by atoms with Crippen molar-refractivity contribution in [3.63, 3.8) is 0 Å². The minimum Gasteiger partial charge on any atom is -0.494 e. The van der Waals surface area contributed by atoms with Crippen molar-refractivity contribution in [1.82, 2.24) is 4.57 Å². The minimum atomic E-state index is -4.01. The van der Waals surface area contributed by atoms with Crippen LogP contribution in [0.3, 0.4) is 0 Å². The highest BCUT2D eigenvalue weighted by Crippen LogP contribution is 2.50. The Hall–Kier alpha value is -1.90. The van der Waals surface area contributed by atoms with Gasteiger partial charge in [0.15, 0.2) is 5.75 Å². The summed E-state index contributed by atoms with van der Waals surface area (Å²) in [6, 6.07) is 5.58. The van der Waals surface area contributed by atoms with Gasteiger partial charge in [0.25, 0.3) is 5.56 Å².